The van der Waals surface area contributed by atoms with Crippen LogP contribution in [-0.2, 0) is 4.79 Å². The molecule has 0 unspecified atom stereocenters. The zero-order chi connectivity index (χ0) is 10.7. The Bertz CT molecular complexity index is 661. The largest absolute Gasteiger partial charge is 0.290 e. The molecule has 0 saturated heterocycles. The van der Waals surface area contributed by atoms with Gasteiger partial charge in [-0.1, -0.05) is 36.4 Å². The molecule has 0 N–H and O–H groups in total. The van der Waals surface area contributed by atoms with Crippen LogP contribution in [0.25, 0.3) is 21.9 Å². The second-order valence-electron chi connectivity index (χ2n) is 4.23. The van der Waals surface area contributed by atoms with Gasteiger partial charge in [-0.15, -0.1) is 0 Å². The van der Waals surface area contributed by atoms with E-state index in [-0.39, 0.29) is 5.78 Å². The summed E-state index contributed by atoms with van der Waals surface area (Å²) in [6.07, 6.45) is 3.48. The molecule has 16 heavy (non-hydrogen) atoms. The minimum Gasteiger partial charge on any atom is -0.290 e. The molecule has 0 heterocycles. The van der Waals surface area contributed by atoms with Crippen molar-refractivity contribution >= 4 is 27.7 Å². The van der Waals surface area contributed by atoms with E-state index in [0.717, 1.165) is 11.1 Å². The van der Waals surface area contributed by atoms with Crippen molar-refractivity contribution in [1.82, 2.24) is 0 Å². The van der Waals surface area contributed by atoms with E-state index < -0.39 is 0 Å². The van der Waals surface area contributed by atoms with Gasteiger partial charge in [0.2, 0.25) is 0 Å². The normalized spacial score (nSPS) is 16.4. The molecule has 2 aliphatic rings. The van der Waals surface area contributed by atoms with Crippen molar-refractivity contribution in [3.05, 3.63) is 59.7 Å². The number of fused-ring (bicyclic) bond motifs is 3. The molecule has 2 aromatic carbocycles. The zero-order valence-corrected chi connectivity index (χ0v) is 8.53. The topological polar surface area (TPSA) is 17.1 Å². The van der Waals surface area contributed by atoms with Crippen LogP contribution in [0.15, 0.2) is 48.6 Å². The molecular weight excluding hydrogens is 196 g/mol. The maximum atomic E-state index is 11.4. The quantitative estimate of drug-likeness (QED) is 0.644. The summed E-state index contributed by atoms with van der Waals surface area (Å²) in [5.74, 6) is 0.108. The standard InChI is InChI=1S/C15H8O/c16-10-7-13-11-5-1-3-9-4-2-6-12(15(9)11)14(13)8-10/h1-8H. The van der Waals surface area contributed by atoms with Gasteiger partial charge in [0.1, 0.15) is 0 Å². The first-order valence-corrected chi connectivity index (χ1v) is 5.35. The summed E-state index contributed by atoms with van der Waals surface area (Å²) in [6, 6.07) is 12.5. The molecule has 0 aromatic heterocycles. The SMILES string of the molecule is O=C1C=C2C(=C1)c1cccc3cccc2c13. The molecule has 0 spiro atoms. The third-order valence-electron chi connectivity index (χ3n) is 3.35. The highest BCUT2D eigenvalue weighted by Crippen LogP contribution is 2.47. The number of rotatable bonds is 0. The van der Waals surface area contributed by atoms with Crippen LogP contribution in [0.5, 0.6) is 0 Å². The lowest BCUT2D eigenvalue weighted by atomic mass is 10.0. The summed E-state index contributed by atoms with van der Waals surface area (Å²) in [4.78, 5) is 11.4. The lowest BCUT2D eigenvalue weighted by molar-refractivity contribution is -0.110. The molecule has 0 amide bonds. The van der Waals surface area contributed by atoms with E-state index >= 15 is 0 Å². The van der Waals surface area contributed by atoms with Crippen molar-refractivity contribution in [2.75, 3.05) is 0 Å². The van der Waals surface area contributed by atoms with Gasteiger partial charge in [-0.05, 0) is 45.2 Å². The molecule has 1 heteroatoms. The summed E-state index contributed by atoms with van der Waals surface area (Å²) in [5.41, 5.74) is 4.59. The average molecular weight is 204 g/mol. The van der Waals surface area contributed by atoms with Crippen LogP contribution in [0, 0.1) is 0 Å². The lowest BCUT2D eigenvalue weighted by Gasteiger charge is -2.00. The van der Waals surface area contributed by atoms with Crippen molar-refractivity contribution in [2.45, 2.75) is 0 Å². The summed E-state index contributed by atoms with van der Waals surface area (Å²) in [5, 5.41) is 2.54. The van der Waals surface area contributed by atoms with Gasteiger partial charge in [0.25, 0.3) is 0 Å². The van der Waals surface area contributed by atoms with E-state index in [9.17, 15) is 4.79 Å². The molecule has 4 rings (SSSR count). The Morgan fingerprint density at radius 3 is 1.88 bits per heavy atom. The third kappa shape index (κ3) is 0.797. The highest BCUT2D eigenvalue weighted by Gasteiger charge is 2.27. The Labute approximate surface area is 92.7 Å². The lowest BCUT2D eigenvalue weighted by Crippen LogP contribution is -1.82. The highest BCUT2D eigenvalue weighted by atomic mass is 16.1. The number of carbonyl (C=O) groups is 1. The van der Waals surface area contributed by atoms with Crippen LogP contribution >= 0.6 is 0 Å². The van der Waals surface area contributed by atoms with Crippen molar-refractivity contribution in [2.24, 2.45) is 0 Å². The molecule has 0 fully saturated rings. The van der Waals surface area contributed by atoms with Crippen molar-refractivity contribution in [1.29, 1.82) is 0 Å². The maximum absolute atomic E-state index is 11.4. The first-order chi connectivity index (χ1) is 7.84. The summed E-state index contributed by atoms with van der Waals surface area (Å²) in [7, 11) is 0. The summed E-state index contributed by atoms with van der Waals surface area (Å²) >= 11 is 0. The van der Waals surface area contributed by atoms with Gasteiger partial charge in [-0.25, -0.2) is 0 Å². The Morgan fingerprint density at radius 1 is 0.750 bits per heavy atom. The van der Waals surface area contributed by atoms with Crippen LogP contribution in [0.2, 0.25) is 0 Å². The van der Waals surface area contributed by atoms with Crippen LogP contribution in [-0.4, -0.2) is 5.78 Å². The highest BCUT2D eigenvalue weighted by molar-refractivity contribution is 6.33. The van der Waals surface area contributed by atoms with Gasteiger partial charge in [0.05, 0.1) is 0 Å². The van der Waals surface area contributed by atoms with Crippen LogP contribution in [0.1, 0.15) is 11.1 Å². The minimum atomic E-state index is 0.108. The van der Waals surface area contributed by atoms with Gasteiger partial charge in [-0.3, -0.25) is 4.79 Å². The second kappa shape index (κ2) is 2.50. The number of hydrogen-bond acceptors (Lipinski definition) is 1. The molecule has 1 nitrogen and oxygen atoms in total. The van der Waals surface area contributed by atoms with E-state index in [2.05, 4.69) is 24.3 Å². The number of benzene rings is 2. The fraction of sp³-hybridized carbons (Fsp3) is 0. The van der Waals surface area contributed by atoms with Gasteiger partial charge in [0, 0.05) is 0 Å². The van der Waals surface area contributed by atoms with E-state index in [4.69, 9.17) is 0 Å². The van der Waals surface area contributed by atoms with Gasteiger partial charge in [-0.2, -0.15) is 0 Å². The molecule has 2 aliphatic carbocycles. The number of allylic oxidation sites excluding steroid dienone is 4. The molecule has 2 aromatic rings. The van der Waals surface area contributed by atoms with Gasteiger partial charge in [0.15, 0.2) is 5.78 Å². The Morgan fingerprint density at radius 2 is 1.31 bits per heavy atom. The molecule has 74 valence electrons. The Kier molecular flexibility index (Phi) is 1.26. The molecule has 0 atom stereocenters. The average Bonchev–Trinajstić information content (AvgIpc) is 2.80. The molecule has 0 bridgehead atoms. The molecule has 0 radical (unpaired) electrons. The third-order valence-corrected chi connectivity index (χ3v) is 3.35. The number of carbonyl (C=O) groups excluding carboxylic acids is 1. The van der Waals surface area contributed by atoms with E-state index in [0.29, 0.717) is 0 Å². The Balaban J connectivity index is 2.27. The van der Waals surface area contributed by atoms with E-state index in [1.165, 1.54) is 21.9 Å². The predicted octanol–water partition coefficient (Wildman–Crippen LogP) is 3.20. The predicted molar refractivity (Wildman–Crippen MR) is 64.9 cm³/mol. The first-order valence-electron chi connectivity index (χ1n) is 5.35. The van der Waals surface area contributed by atoms with Crippen molar-refractivity contribution in [3.63, 3.8) is 0 Å². The van der Waals surface area contributed by atoms with Crippen molar-refractivity contribution in [3.8, 4) is 0 Å². The van der Waals surface area contributed by atoms with E-state index in [1.54, 1.807) is 12.2 Å². The number of ketones is 1. The van der Waals surface area contributed by atoms with Crippen LogP contribution in [0.4, 0.5) is 0 Å². The fourth-order valence-electron chi connectivity index (χ4n) is 2.72. The van der Waals surface area contributed by atoms with Crippen molar-refractivity contribution < 1.29 is 4.79 Å². The van der Waals surface area contributed by atoms with Gasteiger partial charge >= 0.3 is 0 Å². The zero-order valence-electron chi connectivity index (χ0n) is 8.53. The van der Waals surface area contributed by atoms with E-state index in [1.807, 2.05) is 12.1 Å². The Hall–Kier alpha value is -2.15. The first kappa shape index (κ1) is 8.05. The summed E-state index contributed by atoms with van der Waals surface area (Å²) < 4.78 is 0. The smallest absolute Gasteiger partial charge is 0.179 e. The minimum absolute atomic E-state index is 0.108. The monoisotopic (exact) mass is 204 g/mol. The van der Waals surface area contributed by atoms with Crippen LogP contribution in [0.3, 0.4) is 0 Å². The second-order valence-corrected chi connectivity index (χ2v) is 4.23. The molecular formula is C15H8O. The maximum Gasteiger partial charge on any atom is 0.179 e. The molecule has 0 aliphatic heterocycles. The van der Waals surface area contributed by atoms with Gasteiger partial charge < -0.3 is 0 Å². The fourth-order valence-corrected chi connectivity index (χ4v) is 2.72. The molecule has 0 saturated carbocycles. The van der Waals surface area contributed by atoms with Crippen LogP contribution < -0.4 is 0 Å². The summed E-state index contributed by atoms with van der Waals surface area (Å²) in [6.45, 7) is 0. The number of hydrogen-bond donors (Lipinski definition) is 0.